The average Bonchev–Trinajstić information content (AvgIpc) is 2.99. The molecule has 0 unspecified atom stereocenters. The van der Waals surface area contributed by atoms with Crippen molar-refractivity contribution in [2.75, 3.05) is 5.75 Å². The van der Waals surface area contributed by atoms with E-state index in [1.54, 1.807) is 11.3 Å². The van der Waals surface area contributed by atoms with Gasteiger partial charge in [-0.05, 0) is 31.2 Å². The molecule has 0 atom stereocenters. The average molecular weight is 356 g/mol. The number of aliphatic carboxylic acids is 1. The van der Waals surface area contributed by atoms with Crippen LogP contribution in [-0.4, -0.2) is 26.8 Å². The SMILES string of the molecule is O=C(O)CSc1nc(-c2ccccc2)nc2sc3c(c12)CCCC3. The van der Waals surface area contributed by atoms with Gasteiger partial charge in [-0.15, -0.1) is 11.3 Å². The van der Waals surface area contributed by atoms with E-state index in [4.69, 9.17) is 15.1 Å². The highest BCUT2D eigenvalue weighted by molar-refractivity contribution is 8.00. The maximum atomic E-state index is 11.0. The van der Waals surface area contributed by atoms with Gasteiger partial charge in [0.15, 0.2) is 5.82 Å². The van der Waals surface area contributed by atoms with Gasteiger partial charge in [0.1, 0.15) is 9.86 Å². The molecule has 1 N–H and O–H groups in total. The molecule has 2 aromatic heterocycles. The van der Waals surface area contributed by atoms with Crippen LogP contribution < -0.4 is 0 Å². The molecule has 1 aromatic carbocycles. The minimum absolute atomic E-state index is 0.0188. The molecule has 1 aliphatic rings. The van der Waals surface area contributed by atoms with E-state index in [0.717, 1.165) is 33.6 Å². The Balaban J connectivity index is 1.89. The molecule has 6 heteroatoms. The number of aryl methyl sites for hydroxylation is 2. The third kappa shape index (κ3) is 2.91. The zero-order chi connectivity index (χ0) is 16.5. The molecule has 2 heterocycles. The summed E-state index contributed by atoms with van der Waals surface area (Å²) < 4.78 is 0. The summed E-state index contributed by atoms with van der Waals surface area (Å²) in [7, 11) is 0. The van der Waals surface area contributed by atoms with Crippen molar-refractivity contribution in [3.05, 3.63) is 40.8 Å². The number of thiophene rings is 1. The molecule has 0 radical (unpaired) electrons. The maximum absolute atomic E-state index is 11.0. The van der Waals surface area contributed by atoms with Crippen molar-refractivity contribution in [3.8, 4) is 11.4 Å². The second-order valence-electron chi connectivity index (χ2n) is 5.79. The lowest BCUT2D eigenvalue weighted by atomic mass is 9.97. The largest absolute Gasteiger partial charge is 0.481 e. The molecule has 3 aromatic rings. The fraction of sp³-hybridized carbons (Fsp3) is 0.278. The van der Waals surface area contributed by atoms with E-state index in [2.05, 4.69) is 0 Å². The Kier molecular flexibility index (Phi) is 4.24. The van der Waals surface area contributed by atoms with Gasteiger partial charge in [-0.2, -0.15) is 0 Å². The summed E-state index contributed by atoms with van der Waals surface area (Å²) in [5, 5.41) is 11.0. The summed E-state index contributed by atoms with van der Waals surface area (Å²) in [4.78, 5) is 22.9. The van der Waals surface area contributed by atoms with Gasteiger partial charge in [0, 0.05) is 15.8 Å². The Bertz CT molecular complexity index is 906. The lowest BCUT2D eigenvalue weighted by Gasteiger charge is -2.11. The van der Waals surface area contributed by atoms with Crippen LogP contribution in [0.3, 0.4) is 0 Å². The van der Waals surface area contributed by atoms with Crippen molar-refractivity contribution in [2.24, 2.45) is 0 Å². The van der Waals surface area contributed by atoms with E-state index in [9.17, 15) is 4.79 Å². The highest BCUT2D eigenvalue weighted by Gasteiger charge is 2.22. The second-order valence-corrected chi connectivity index (χ2v) is 7.84. The van der Waals surface area contributed by atoms with E-state index in [0.29, 0.717) is 5.82 Å². The molecule has 1 aliphatic carbocycles. The molecule has 0 saturated carbocycles. The lowest BCUT2D eigenvalue weighted by molar-refractivity contribution is -0.133. The quantitative estimate of drug-likeness (QED) is 0.554. The van der Waals surface area contributed by atoms with Crippen LogP contribution in [0.2, 0.25) is 0 Å². The van der Waals surface area contributed by atoms with Crippen LogP contribution in [0.15, 0.2) is 35.4 Å². The van der Waals surface area contributed by atoms with E-state index in [-0.39, 0.29) is 5.75 Å². The number of carboxylic acids is 1. The first-order chi connectivity index (χ1) is 11.7. The van der Waals surface area contributed by atoms with Gasteiger partial charge >= 0.3 is 5.97 Å². The van der Waals surface area contributed by atoms with Crippen LogP contribution in [0.1, 0.15) is 23.3 Å². The van der Waals surface area contributed by atoms with Crippen molar-refractivity contribution in [1.29, 1.82) is 0 Å². The summed E-state index contributed by atoms with van der Waals surface area (Å²) in [6.45, 7) is 0. The smallest absolute Gasteiger partial charge is 0.313 e. The Morgan fingerprint density at radius 3 is 2.75 bits per heavy atom. The number of thioether (sulfide) groups is 1. The summed E-state index contributed by atoms with van der Waals surface area (Å²) in [5.41, 5.74) is 2.30. The van der Waals surface area contributed by atoms with E-state index in [1.165, 1.54) is 35.0 Å². The van der Waals surface area contributed by atoms with Gasteiger partial charge in [0.2, 0.25) is 0 Å². The van der Waals surface area contributed by atoms with Gasteiger partial charge < -0.3 is 5.11 Å². The number of hydrogen-bond acceptors (Lipinski definition) is 5. The number of benzene rings is 1. The summed E-state index contributed by atoms with van der Waals surface area (Å²) in [6, 6.07) is 9.87. The predicted octanol–water partition coefficient (Wildman–Crippen LogP) is 4.41. The zero-order valence-corrected chi connectivity index (χ0v) is 14.6. The van der Waals surface area contributed by atoms with Crippen LogP contribution in [0.25, 0.3) is 21.6 Å². The molecule has 122 valence electrons. The Morgan fingerprint density at radius 2 is 1.96 bits per heavy atom. The Labute approximate surface area is 148 Å². The van der Waals surface area contributed by atoms with Crippen molar-refractivity contribution in [1.82, 2.24) is 9.97 Å². The third-order valence-electron chi connectivity index (χ3n) is 4.15. The predicted molar refractivity (Wildman–Crippen MR) is 97.9 cm³/mol. The van der Waals surface area contributed by atoms with Crippen molar-refractivity contribution < 1.29 is 9.90 Å². The molecule has 24 heavy (non-hydrogen) atoms. The van der Waals surface area contributed by atoms with Gasteiger partial charge in [0.05, 0.1) is 5.75 Å². The van der Waals surface area contributed by atoms with Gasteiger partial charge in [-0.25, -0.2) is 9.97 Å². The molecule has 4 nitrogen and oxygen atoms in total. The van der Waals surface area contributed by atoms with E-state index >= 15 is 0 Å². The first-order valence-electron chi connectivity index (χ1n) is 7.94. The van der Waals surface area contributed by atoms with E-state index < -0.39 is 5.97 Å². The summed E-state index contributed by atoms with van der Waals surface area (Å²) in [5.74, 6) is -0.128. The van der Waals surface area contributed by atoms with Crippen LogP contribution in [0.4, 0.5) is 0 Å². The lowest BCUT2D eigenvalue weighted by Crippen LogP contribution is -2.02. The fourth-order valence-electron chi connectivity index (χ4n) is 3.07. The topological polar surface area (TPSA) is 63.1 Å². The number of fused-ring (bicyclic) bond motifs is 3. The van der Waals surface area contributed by atoms with Crippen LogP contribution >= 0.6 is 23.1 Å². The maximum Gasteiger partial charge on any atom is 0.313 e. The van der Waals surface area contributed by atoms with Gasteiger partial charge in [-0.3, -0.25) is 4.79 Å². The van der Waals surface area contributed by atoms with Crippen LogP contribution in [0, 0.1) is 0 Å². The molecular formula is C18H16N2O2S2. The minimum Gasteiger partial charge on any atom is -0.481 e. The van der Waals surface area contributed by atoms with Crippen molar-refractivity contribution in [2.45, 2.75) is 30.7 Å². The number of nitrogens with zero attached hydrogens (tertiary/aromatic N) is 2. The van der Waals surface area contributed by atoms with Crippen molar-refractivity contribution >= 4 is 39.3 Å². The molecular weight excluding hydrogens is 340 g/mol. The van der Waals surface area contributed by atoms with Gasteiger partial charge in [-0.1, -0.05) is 42.1 Å². The first-order valence-corrected chi connectivity index (χ1v) is 9.75. The summed E-state index contributed by atoms with van der Waals surface area (Å²) >= 11 is 3.05. The third-order valence-corrected chi connectivity index (χ3v) is 6.29. The molecule has 0 aliphatic heterocycles. The monoisotopic (exact) mass is 356 g/mol. The van der Waals surface area contributed by atoms with E-state index in [1.807, 2.05) is 30.3 Å². The number of aromatic nitrogens is 2. The summed E-state index contributed by atoms with van der Waals surface area (Å²) in [6.07, 6.45) is 4.54. The Hall–Kier alpha value is -1.92. The van der Waals surface area contributed by atoms with Gasteiger partial charge in [0.25, 0.3) is 0 Å². The molecule has 0 saturated heterocycles. The van der Waals surface area contributed by atoms with Crippen LogP contribution in [-0.2, 0) is 17.6 Å². The first kappa shape index (κ1) is 15.6. The molecule has 0 amide bonds. The normalized spacial score (nSPS) is 13.8. The van der Waals surface area contributed by atoms with Crippen molar-refractivity contribution in [3.63, 3.8) is 0 Å². The molecule has 4 rings (SSSR count). The number of carboxylic acid groups (broad SMARTS) is 1. The molecule has 0 bridgehead atoms. The fourth-order valence-corrected chi connectivity index (χ4v) is 5.18. The number of hydrogen-bond donors (Lipinski definition) is 1. The molecule has 0 fully saturated rings. The highest BCUT2D eigenvalue weighted by atomic mass is 32.2. The highest BCUT2D eigenvalue weighted by Crippen LogP contribution is 2.40. The Morgan fingerprint density at radius 1 is 1.17 bits per heavy atom. The molecule has 0 spiro atoms. The minimum atomic E-state index is -0.822. The zero-order valence-electron chi connectivity index (χ0n) is 13.0. The van der Waals surface area contributed by atoms with Crippen LogP contribution in [0.5, 0.6) is 0 Å². The standard InChI is InChI=1S/C18H16N2O2S2/c21-14(22)10-23-17-15-12-8-4-5-9-13(12)24-18(15)20-16(19-17)11-6-2-1-3-7-11/h1-3,6-7H,4-5,8-10H2,(H,21,22). The number of rotatable bonds is 4. The second kappa shape index (κ2) is 6.53. The number of carbonyl (C=O) groups is 1.